The van der Waals surface area contributed by atoms with Crippen LogP contribution in [0.2, 0.25) is 0 Å². The lowest BCUT2D eigenvalue weighted by molar-refractivity contribution is 0.0289. The smallest absolute Gasteiger partial charge is 0.261 e. The number of allylic oxidation sites excluding steroid dienone is 1. The maximum Gasteiger partial charge on any atom is 0.261 e. The number of anilines is 1. The summed E-state index contributed by atoms with van der Waals surface area (Å²) in [5.41, 5.74) is 4.36. The summed E-state index contributed by atoms with van der Waals surface area (Å²) in [6.45, 7) is 8.28. The van der Waals surface area contributed by atoms with Crippen molar-refractivity contribution in [2.45, 2.75) is 43.3 Å². The SMILES string of the molecule is C=CCn1c2c(c3cc(NS(=O)(=O)c4ccccc4)ccc31)CN(C1CCOCC1)CC2. The maximum absolute atomic E-state index is 12.8. The summed E-state index contributed by atoms with van der Waals surface area (Å²) in [5, 5.41) is 1.12. The highest BCUT2D eigenvalue weighted by atomic mass is 32.2. The molecule has 0 bridgehead atoms. The molecular weight excluding hydrogens is 422 g/mol. The number of rotatable bonds is 6. The van der Waals surface area contributed by atoms with Gasteiger partial charge in [-0.1, -0.05) is 24.3 Å². The lowest BCUT2D eigenvalue weighted by Crippen LogP contribution is -2.42. The van der Waals surface area contributed by atoms with Crippen LogP contribution in [-0.2, 0) is 34.3 Å². The third-order valence-corrected chi connectivity index (χ3v) is 8.01. The average Bonchev–Trinajstić information content (AvgIpc) is 3.13. The second-order valence-electron chi connectivity index (χ2n) is 8.54. The number of benzene rings is 2. The van der Waals surface area contributed by atoms with Crippen LogP contribution in [0.25, 0.3) is 10.9 Å². The molecule has 0 atom stereocenters. The zero-order valence-corrected chi connectivity index (χ0v) is 19.0. The van der Waals surface area contributed by atoms with Gasteiger partial charge < -0.3 is 9.30 Å². The van der Waals surface area contributed by atoms with Crippen LogP contribution in [0.3, 0.4) is 0 Å². The standard InChI is InChI=1S/C25H29N3O3S/c1-2-13-28-24-9-8-19(26-32(29,30)21-6-4-3-5-7-21)17-22(24)23-18-27(14-10-25(23)28)20-11-15-31-16-12-20/h2-9,17,20,26H,1,10-16,18H2. The normalized spacial score (nSPS) is 17.9. The summed E-state index contributed by atoms with van der Waals surface area (Å²) >= 11 is 0. The number of hydrogen-bond acceptors (Lipinski definition) is 4. The van der Waals surface area contributed by atoms with E-state index in [-0.39, 0.29) is 4.90 Å². The van der Waals surface area contributed by atoms with Crippen LogP contribution in [0.15, 0.2) is 66.1 Å². The van der Waals surface area contributed by atoms with Crippen molar-refractivity contribution in [1.29, 1.82) is 0 Å². The van der Waals surface area contributed by atoms with E-state index in [1.807, 2.05) is 30.3 Å². The largest absolute Gasteiger partial charge is 0.381 e. The number of hydrogen-bond donors (Lipinski definition) is 1. The molecule has 0 unspecified atom stereocenters. The first kappa shape index (κ1) is 21.2. The van der Waals surface area contributed by atoms with E-state index in [4.69, 9.17) is 4.74 Å². The molecule has 1 saturated heterocycles. The highest BCUT2D eigenvalue weighted by Crippen LogP contribution is 2.35. The van der Waals surface area contributed by atoms with Crippen molar-refractivity contribution in [2.75, 3.05) is 24.5 Å². The molecule has 0 spiro atoms. The zero-order chi connectivity index (χ0) is 22.1. The molecule has 2 aliphatic rings. The topological polar surface area (TPSA) is 63.6 Å². The highest BCUT2D eigenvalue weighted by molar-refractivity contribution is 7.92. The van der Waals surface area contributed by atoms with Crippen molar-refractivity contribution >= 4 is 26.6 Å². The van der Waals surface area contributed by atoms with Gasteiger partial charge in [0, 0.05) is 67.6 Å². The van der Waals surface area contributed by atoms with Crippen molar-refractivity contribution in [3.63, 3.8) is 0 Å². The molecule has 1 N–H and O–H groups in total. The Hall–Kier alpha value is -2.61. The van der Waals surface area contributed by atoms with Crippen molar-refractivity contribution in [3.05, 3.63) is 72.4 Å². The van der Waals surface area contributed by atoms with E-state index in [0.717, 1.165) is 63.0 Å². The van der Waals surface area contributed by atoms with Gasteiger partial charge in [-0.15, -0.1) is 6.58 Å². The average molecular weight is 452 g/mol. The first-order valence-electron chi connectivity index (χ1n) is 11.2. The molecule has 32 heavy (non-hydrogen) atoms. The second kappa shape index (κ2) is 8.73. The zero-order valence-electron chi connectivity index (χ0n) is 18.2. The summed E-state index contributed by atoms with van der Waals surface area (Å²) in [7, 11) is -3.63. The Morgan fingerprint density at radius 1 is 1.12 bits per heavy atom. The van der Waals surface area contributed by atoms with E-state index < -0.39 is 10.0 Å². The first-order valence-corrected chi connectivity index (χ1v) is 12.7. The molecule has 0 aliphatic carbocycles. The van der Waals surface area contributed by atoms with Gasteiger partial charge in [0.2, 0.25) is 0 Å². The molecule has 0 amide bonds. The predicted octanol–water partition coefficient (Wildman–Crippen LogP) is 4.17. The molecular formula is C25H29N3O3S. The van der Waals surface area contributed by atoms with Crippen LogP contribution in [0.1, 0.15) is 24.1 Å². The molecule has 3 heterocycles. The van der Waals surface area contributed by atoms with Crippen molar-refractivity contribution in [2.24, 2.45) is 0 Å². The van der Waals surface area contributed by atoms with Crippen LogP contribution in [0, 0.1) is 0 Å². The molecule has 0 saturated carbocycles. The highest BCUT2D eigenvalue weighted by Gasteiger charge is 2.29. The van der Waals surface area contributed by atoms with Gasteiger partial charge in [-0.3, -0.25) is 9.62 Å². The fourth-order valence-corrected chi connectivity index (χ4v) is 6.12. The van der Waals surface area contributed by atoms with E-state index in [2.05, 4.69) is 20.8 Å². The van der Waals surface area contributed by atoms with Gasteiger partial charge in [0.25, 0.3) is 10.0 Å². The fraction of sp³-hybridized carbons (Fsp3) is 0.360. The van der Waals surface area contributed by atoms with E-state index in [9.17, 15) is 8.42 Å². The van der Waals surface area contributed by atoms with Gasteiger partial charge in [-0.2, -0.15) is 0 Å². The van der Waals surface area contributed by atoms with Crippen LogP contribution in [0.4, 0.5) is 5.69 Å². The number of ether oxygens (including phenoxy) is 1. The van der Waals surface area contributed by atoms with Crippen molar-refractivity contribution in [1.82, 2.24) is 9.47 Å². The van der Waals surface area contributed by atoms with E-state index >= 15 is 0 Å². The Bertz CT molecular complexity index is 1230. The molecule has 7 heteroatoms. The Morgan fingerprint density at radius 3 is 2.66 bits per heavy atom. The summed E-state index contributed by atoms with van der Waals surface area (Å²) in [6, 6.07) is 14.9. The number of nitrogens with one attached hydrogen (secondary N) is 1. The monoisotopic (exact) mass is 451 g/mol. The Morgan fingerprint density at radius 2 is 1.91 bits per heavy atom. The maximum atomic E-state index is 12.8. The van der Waals surface area contributed by atoms with Gasteiger partial charge >= 0.3 is 0 Å². The van der Waals surface area contributed by atoms with Crippen LogP contribution >= 0.6 is 0 Å². The van der Waals surface area contributed by atoms with Crippen molar-refractivity contribution < 1.29 is 13.2 Å². The molecule has 0 radical (unpaired) electrons. The molecule has 1 aromatic heterocycles. The Kier molecular flexibility index (Phi) is 5.80. The number of sulfonamides is 1. The molecule has 1 fully saturated rings. The minimum Gasteiger partial charge on any atom is -0.381 e. The quantitative estimate of drug-likeness (QED) is 0.572. The van der Waals surface area contributed by atoms with E-state index in [0.29, 0.717) is 11.7 Å². The molecule has 2 aromatic carbocycles. The Balaban J connectivity index is 1.51. The third kappa shape index (κ3) is 3.96. The Labute approximate surface area is 189 Å². The number of fused-ring (bicyclic) bond motifs is 3. The van der Waals surface area contributed by atoms with E-state index in [1.165, 1.54) is 11.3 Å². The molecule has 168 valence electrons. The first-order chi connectivity index (χ1) is 15.6. The lowest BCUT2D eigenvalue weighted by Gasteiger charge is -2.37. The molecule has 3 aromatic rings. The van der Waals surface area contributed by atoms with Crippen LogP contribution in [-0.4, -0.2) is 43.7 Å². The summed E-state index contributed by atoms with van der Waals surface area (Å²) in [6.07, 6.45) is 5.06. The second-order valence-corrected chi connectivity index (χ2v) is 10.2. The molecule has 2 aliphatic heterocycles. The van der Waals surface area contributed by atoms with Crippen LogP contribution in [0.5, 0.6) is 0 Å². The minimum atomic E-state index is -3.63. The van der Waals surface area contributed by atoms with Crippen LogP contribution < -0.4 is 4.72 Å². The predicted molar refractivity (Wildman–Crippen MR) is 127 cm³/mol. The summed E-state index contributed by atoms with van der Waals surface area (Å²) in [4.78, 5) is 2.83. The number of nitrogens with zero attached hydrogens (tertiary/aromatic N) is 2. The van der Waals surface area contributed by atoms with Gasteiger partial charge in [0.05, 0.1) is 4.90 Å². The van der Waals surface area contributed by atoms with E-state index in [1.54, 1.807) is 24.3 Å². The third-order valence-electron chi connectivity index (χ3n) is 6.61. The fourth-order valence-electron chi connectivity index (χ4n) is 5.05. The van der Waals surface area contributed by atoms with Gasteiger partial charge in [-0.25, -0.2) is 8.42 Å². The summed E-state index contributed by atoms with van der Waals surface area (Å²) < 4.78 is 36.3. The van der Waals surface area contributed by atoms with Gasteiger partial charge in [0.1, 0.15) is 0 Å². The van der Waals surface area contributed by atoms with Crippen molar-refractivity contribution in [3.8, 4) is 0 Å². The minimum absolute atomic E-state index is 0.261. The summed E-state index contributed by atoms with van der Waals surface area (Å²) in [5.74, 6) is 0. The van der Waals surface area contributed by atoms with Gasteiger partial charge in [-0.05, 0) is 48.7 Å². The lowest BCUT2D eigenvalue weighted by atomic mass is 9.99. The molecule has 5 rings (SSSR count). The number of aromatic nitrogens is 1. The molecule has 6 nitrogen and oxygen atoms in total. The van der Waals surface area contributed by atoms with Gasteiger partial charge in [0.15, 0.2) is 0 Å².